The second-order valence-corrected chi connectivity index (χ2v) is 7.51. The van der Waals surface area contributed by atoms with E-state index in [9.17, 15) is 0 Å². The van der Waals surface area contributed by atoms with E-state index in [2.05, 4.69) is 50.9 Å². The number of nitrogens with one attached hydrogen (secondary N) is 2. The summed E-state index contributed by atoms with van der Waals surface area (Å²) in [7, 11) is 0. The topological polar surface area (TPSA) is 74.6 Å². The molecular weight excluding hydrogens is 340 g/mol. The lowest BCUT2D eigenvalue weighted by Gasteiger charge is -1.95. The number of hydrogen-bond donors (Lipinski definition) is 2. The Morgan fingerprint density at radius 2 is 1.33 bits per heavy atom. The predicted molar refractivity (Wildman–Crippen MR) is 107 cm³/mol. The number of rotatable bonds is 6. The molecular formula is C16H20N6S2. The van der Waals surface area contributed by atoms with Crippen LogP contribution in [0.1, 0.15) is 40.5 Å². The maximum atomic E-state index is 4.58. The van der Waals surface area contributed by atoms with E-state index in [1.54, 1.807) is 22.7 Å². The first-order valence-corrected chi connectivity index (χ1v) is 9.51. The van der Waals surface area contributed by atoms with Gasteiger partial charge in [0.2, 0.25) is 10.3 Å². The number of hydrazone groups is 2. The summed E-state index contributed by atoms with van der Waals surface area (Å²) in [5, 5.41) is 10.2. The molecule has 0 radical (unpaired) electrons. The zero-order valence-electron chi connectivity index (χ0n) is 14.2. The van der Waals surface area contributed by atoms with E-state index < -0.39 is 0 Å². The summed E-state index contributed by atoms with van der Waals surface area (Å²) >= 11 is 3.19. The first-order valence-electron chi connectivity index (χ1n) is 7.88. The summed E-state index contributed by atoms with van der Waals surface area (Å²) in [6.45, 7) is 8.15. The predicted octanol–water partition coefficient (Wildman–Crippen LogP) is 5.30. The molecule has 0 aliphatic heterocycles. The van der Waals surface area contributed by atoms with Crippen LogP contribution in [-0.2, 0) is 0 Å². The van der Waals surface area contributed by atoms with E-state index in [0.717, 1.165) is 55.0 Å². The van der Waals surface area contributed by atoms with Gasteiger partial charge in [0.15, 0.2) is 0 Å². The molecule has 3 rings (SSSR count). The minimum absolute atomic E-state index is 0.803. The molecule has 126 valence electrons. The molecule has 8 heteroatoms. The molecule has 0 spiro atoms. The number of fused-ring (bicyclic) bond motifs is 2. The van der Waals surface area contributed by atoms with Crippen molar-refractivity contribution < 1.29 is 0 Å². The fourth-order valence-electron chi connectivity index (χ4n) is 1.89. The lowest BCUT2D eigenvalue weighted by Crippen LogP contribution is -1.94. The van der Waals surface area contributed by atoms with E-state index in [1.165, 1.54) is 0 Å². The van der Waals surface area contributed by atoms with E-state index in [0.29, 0.717) is 0 Å². The average molecular weight is 361 g/mol. The van der Waals surface area contributed by atoms with Crippen molar-refractivity contribution in [2.45, 2.75) is 40.5 Å². The molecule has 6 nitrogen and oxygen atoms in total. The monoisotopic (exact) mass is 360 g/mol. The van der Waals surface area contributed by atoms with Crippen molar-refractivity contribution in [1.29, 1.82) is 0 Å². The number of anilines is 2. The highest BCUT2D eigenvalue weighted by Gasteiger charge is 2.09. The number of nitrogens with zero attached hydrogens (tertiary/aromatic N) is 4. The Hall–Kier alpha value is -2.06. The van der Waals surface area contributed by atoms with Crippen molar-refractivity contribution in [2.24, 2.45) is 10.2 Å². The van der Waals surface area contributed by atoms with E-state index >= 15 is 0 Å². The van der Waals surface area contributed by atoms with Gasteiger partial charge in [-0.15, -0.1) is 0 Å². The SMILES string of the molecule is CC/C(C)=N\Nc1nc2cc3nc(N/N=C(/C)CC)sc3cc2s1. The molecule has 0 fully saturated rings. The normalized spacial score (nSPS) is 13.0. The van der Waals surface area contributed by atoms with Gasteiger partial charge in [-0.25, -0.2) is 9.97 Å². The molecule has 2 N–H and O–H groups in total. The molecule has 2 aromatic heterocycles. The number of aromatic nitrogens is 2. The smallest absolute Gasteiger partial charge is 0.204 e. The van der Waals surface area contributed by atoms with Crippen molar-refractivity contribution in [2.75, 3.05) is 10.9 Å². The van der Waals surface area contributed by atoms with Crippen LogP contribution in [0.15, 0.2) is 22.3 Å². The highest BCUT2D eigenvalue weighted by molar-refractivity contribution is 7.24. The number of hydrogen-bond acceptors (Lipinski definition) is 8. The first kappa shape index (κ1) is 16.8. The minimum atomic E-state index is 0.803. The highest BCUT2D eigenvalue weighted by Crippen LogP contribution is 2.34. The third-order valence-electron chi connectivity index (χ3n) is 3.61. The Labute approximate surface area is 148 Å². The third kappa shape index (κ3) is 3.70. The Bertz CT molecular complexity index is 799. The van der Waals surface area contributed by atoms with Crippen LogP contribution in [0.25, 0.3) is 20.4 Å². The summed E-state index contributed by atoms with van der Waals surface area (Å²) in [6, 6.07) is 4.14. The van der Waals surface area contributed by atoms with Crippen LogP contribution >= 0.6 is 22.7 Å². The van der Waals surface area contributed by atoms with Gasteiger partial charge in [0.05, 0.1) is 20.4 Å². The van der Waals surface area contributed by atoms with E-state index in [1.807, 2.05) is 19.9 Å². The Kier molecular flexibility index (Phi) is 5.06. The van der Waals surface area contributed by atoms with Gasteiger partial charge in [0, 0.05) is 11.4 Å². The zero-order chi connectivity index (χ0) is 17.1. The van der Waals surface area contributed by atoms with Gasteiger partial charge in [-0.3, -0.25) is 10.9 Å². The maximum absolute atomic E-state index is 4.58. The Morgan fingerprint density at radius 1 is 0.875 bits per heavy atom. The van der Waals surface area contributed by atoms with Gasteiger partial charge in [0.1, 0.15) is 0 Å². The Morgan fingerprint density at radius 3 is 1.75 bits per heavy atom. The molecule has 0 bridgehead atoms. The molecule has 0 unspecified atom stereocenters. The molecule has 0 saturated heterocycles. The minimum Gasteiger partial charge on any atom is -0.253 e. The van der Waals surface area contributed by atoms with Gasteiger partial charge < -0.3 is 0 Å². The fourth-order valence-corrected chi connectivity index (χ4v) is 3.62. The number of thiazole rings is 2. The first-order chi connectivity index (χ1) is 11.6. The summed E-state index contributed by atoms with van der Waals surface area (Å²) in [4.78, 5) is 9.17. The lowest BCUT2D eigenvalue weighted by molar-refractivity contribution is 1.20. The second-order valence-electron chi connectivity index (χ2n) is 5.45. The van der Waals surface area contributed by atoms with Crippen LogP contribution < -0.4 is 10.9 Å². The van der Waals surface area contributed by atoms with Crippen molar-refractivity contribution in [3.63, 3.8) is 0 Å². The summed E-state index contributed by atoms with van der Waals surface area (Å²) < 4.78 is 2.25. The largest absolute Gasteiger partial charge is 0.253 e. The van der Waals surface area contributed by atoms with Gasteiger partial charge in [-0.05, 0) is 38.8 Å². The third-order valence-corrected chi connectivity index (χ3v) is 5.45. The maximum Gasteiger partial charge on any atom is 0.204 e. The molecule has 0 atom stereocenters. The van der Waals surface area contributed by atoms with Crippen LogP contribution in [0.2, 0.25) is 0 Å². The van der Waals surface area contributed by atoms with Gasteiger partial charge >= 0.3 is 0 Å². The molecule has 3 aromatic rings. The molecule has 0 aliphatic rings. The molecule has 1 aromatic carbocycles. The highest BCUT2D eigenvalue weighted by atomic mass is 32.1. The zero-order valence-corrected chi connectivity index (χ0v) is 15.8. The van der Waals surface area contributed by atoms with E-state index in [-0.39, 0.29) is 0 Å². The van der Waals surface area contributed by atoms with Crippen LogP contribution in [0.5, 0.6) is 0 Å². The molecule has 0 saturated carbocycles. The van der Waals surface area contributed by atoms with Gasteiger partial charge in [-0.1, -0.05) is 36.5 Å². The van der Waals surface area contributed by atoms with Crippen molar-refractivity contribution >= 4 is 64.8 Å². The second kappa shape index (κ2) is 7.23. The summed E-state index contributed by atoms with van der Waals surface area (Å²) in [5.41, 5.74) is 10.0. The molecule has 0 aliphatic carbocycles. The van der Waals surface area contributed by atoms with Crippen molar-refractivity contribution in [1.82, 2.24) is 9.97 Å². The van der Waals surface area contributed by atoms with Crippen LogP contribution in [0.3, 0.4) is 0 Å². The van der Waals surface area contributed by atoms with Crippen LogP contribution in [-0.4, -0.2) is 21.4 Å². The molecule has 24 heavy (non-hydrogen) atoms. The van der Waals surface area contributed by atoms with Crippen LogP contribution in [0, 0.1) is 0 Å². The quantitative estimate of drug-likeness (QED) is 0.462. The van der Waals surface area contributed by atoms with Crippen LogP contribution in [0.4, 0.5) is 10.3 Å². The fraction of sp³-hybridized carbons (Fsp3) is 0.375. The molecule has 0 amide bonds. The van der Waals surface area contributed by atoms with E-state index in [4.69, 9.17) is 0 Å². The lowest BCUT2D eigenvalue weighted by atomic mass is 10.3. The Balaban J connectivity index is 1.87. The standard InChI is InChI=1S/C16H20N6S2/c1-5-9(3)19-21-15-17-11-7-12-14(8-13(11)23-15)24-16(18-12)22-20-10(4)6-2/h7-8H,5-6H2,1-4H3,(H,17,21)(H,18,22)/b19-9-,20-10-. The van der Waals surface area contributed by atoms with Gasteiger partial charge in [0.25, 0.3) is 0 Å². The van der Waals surface area contributed by atoms with Crippen molar-refractivity contribution in [3.05, 3.63) is 12.1 Å². The van der Waals surface area contributed by atoms with Crippen molar-refractivity contribution in [3.8, 4) is 0 Å². The number of benzene rings is 1. The summed E-state index contributed by atoms with van der Waals surface area (Å²) in [5.74, 6) is 0. The molecule has 2 heterocycles. The average Bonchev–Trinajstić information content (AvgIpc) is 3.17. The van der Waals surface area contributed by atoms with Gasteiger partial charge in [-0.2, -0.15) is 10.2 Å². The summed E-state index contributed by atoms with van der Waals surface area (Å²) in [6.07, 6.45) is 1.85.